The van der Waals surface area contributed by atoms with Crippen LogP contribution in [0.1, 0.15) is 16.1 Å². The molecule has 0 spiro atoms. The molecule has 0 radical (unpaired) electrons. The Bertz CT molecular complexity index is 1170. The van der Waals surface area contributed by atoms with Gasteiger partial charge in [-0.15, -0.1) is 0 Å². The molecule has 0 aliphatic carbocycles. The third kappa shape index (κ3) is 2.88. The third-order valence-electron chi connectivity index (χ3n) is 4.22. The average molecular weight is 343 g/mol. The number of ketones is 1. The van der Waals surface area contributed by atoms with Gasteiger partial charge in [0.05, 0.1) is 28.1 Å². The number of carbonyl (C=O) groups is 1. The van der Waals surface area contributed by atoms with Gasteiger partial charge in [0, 0.05) is 23.9 Å². The van der Waals surface area contributed by atoms with Crippen molar-refractivity contribution in [3.05, 3.63) is 88.2 Å². The second-order valence-electron chi connectivity index (χ2n) is 5.92. The van der Waals surface area contributed by atoms with Gasteiger partial charge in [-0.2, -0.15) is 0 Å². The molecule has 0 saturated heterocycles. The van der Waals surface area contributed by atoms with E-state index in [1.807, 2.05) is 42.5 Å². The highest BCUT2D eigenvalue weighted by atomic mass is 16.6. The summed E-state index contributed by atoms with van der Waals surface area (Å²) in [6.45, 7) is 0. The molecule has 4 aromatic rings. The molecule has 26 heavy (non-hydrogen) atoms. The number of Topliss-reactive ketones (excluding diaryl/α,β-unsaturated/α-hetero) is 1. The molecule has 126 valence electrons. The summed E-state index contributed by atoms with van der Waals surface area (Å²) in [6, 6.07) is 17.7. The van der Waals surface area contributed by atoms with E-state index in [0.29, 0.717) is 22.3 Å². The Hall–Kier alpha value is -3.67. The molecule has 0 aliphatic rings. The highest BCUT2D eigenvalue weighted by Gasteiger charge is 2.13. The third-order valence-corrected chi connectivity index (χ3v) is 4.22. The molecule has 0 bridgehead atoms. The predicted octanol–water partition coefficient (Wildman–Crippen LogP) is 4.12. The van der Waals surface area contributed by atoms with Gasteiger partial charge in [0.1, 0.15) is 0 Å². The highest BCUT2D eigenvalue weighted by molar-refractivity contribution is 6.08. The lowest BCUT2D eigenvalue weighted by atomic mass is 9.99. The molecule has 0 atom stereocenters. The lowest BCUT2D eigenvalue weighted by Crippen LogP contribution is -2.06. The van der Waals surface area contributed by atoms with Crippen molar-refractivity contribution in [2.75, 3.05) is 0 Å². The lowest BCUT2D eigenvalue weighted by molar-refractivity contribution is -0.384. The van der Waals surface area contributed by atoms with Crippen LogP contribution in [0, 0.1) is 10.1 Å². The molecular formula is C20H13N3O3. The van der Waals surface area contributed by atoms with Crippen molar-refractivity contribution in [3.8, 4) is 0 Å². The van der Waals surface area contributed by atoms with E-state index in [1.54, 1.807) is 6.07 Å². The molecule has 1 aromatic heterocycles. The topological polar surface area (TPSA) is 86.0 Å². The van der Waals surface area contributed by atoms with Crippen LogP contribution in [0.15, 0.2) is 66.9 Å². The van der Waals surface area contributed by atoms with Gasteiger partial charge in [0.25, 0.3) is 5.69 Å². The number of carbonyl (C=O) groups excluding carboxylic acids is 1. The van der Waals surface area contributed by atoms with Crippen LogP contribution in [0.25, 0.3) is 21.8 Å². The fourth-order valence-corrected chi connectivity index (χ4v) is 2.96. The van der Waals surface area contributed by atoms with Crippen LogP contribution >= 0.6 is 0 Å². The van der Waals surface area contributed by atoms with Crippen LogP contribution in [0.5, 0.6) is 0 Å². The number of nitrogens with zero attached hydrogens (tertiary/aromatic N) is 3. The van der Waals surface area contributed by atoms with Crippen LogP contribution in [0.3, 0.4) is 0 Å². The first-order valence-electron chi connectivity index (χ1n) is 8.03. The number of hydrogen-bond donors (Lipinski definition) is 0. The molecule has 0 aliphatic heterocycles. The lowest BCUT2D eigenvalue weighted by Gasteiger charge is -2.06. The van der Waals surface area contributed by atoms with E-state index in [4.69, 9.17) is 0 Å². The number of aromatic nitrogens is 2. The first-order valence-corrected chi connectivity index (χ1v) is 8.03. The molecule has 1 heterocycles. The van der Waals surface area contributed by atoms with Crippen LogP contribution in [0.4, 0.5) is 5.69 Å². The van der Waals surface area contributed by atoms with Crippen LogP contribution in [0.2, 0.25) is 0 Å². The fourth-order valence-electron chi connectivity index (χ4n) is 2.96. The Kier molecular flexibility index (Phi) is 3.85. The second kappa shape index (κ2) is 6.33. The number of nitro groups is 1. The van der Waals surface area contributed by atoms with Gasteiger partial charge < -0.3 is 0 Å². The van der Waals surface area contributed by atoms with E-state index >= 15 is 0 Å². The van der Waals surface area contributed by atoms with Crippen LogP contribution in [-0.2, 0) is 6.42 Å². The van der Waals surface area contributed by atoms with Gasteiger partial charge in [-0.1, -0.05) is 42.5 Å². The minimum atomic E-state index is -0.473. The summed E-state index contributed by atoms with van der Waals surface area (Å²) in [4.78, 5) is 31.7. The first kappa shape index (κ1) is 15.8. The Morgan fingerprint density at radius 3 is 2.65 bits per heavy atom. The predicted molar refractivity (Wildman–Crippen MR) is 98.2 cm³/mol. The van der Waals surface area contributed by atoms with Crippen molar-refractivity contribution in [1.82, 2.24) is 9.97 Å². The summed E-state index contributed by atoms with van der Waals surface area (Å²) in [6.07, 6.45) is 1.61. The Labute approximate surface area is 148 Å². The number of nitro benzene ring substituents is 1. The maximum atomic E-state index is 12.8. The van der Waals surface area contributed by atoms with Crippen LogP contribution in [-0.4, -0.2) is 20.7 Å². The van der Waals surface area contributed by atoms with Crippen molar-refractivity contribution in [2.24, 2.45) is 0 Å². The van der Waals surface area contributed by atoms with Gasteiger partial charge >= 0.3 is 0 Å². The zero-order valence-electron chi connectivity index (χ0n) is 13.6. The Morgan fingerprint density at radius 1 is 1.00 bits per heavy atom. The molecule has 0 N–H and O–H groups in total. The largest absolute Gasteiger partial charge is 0.294 e. The average Bonchev–Trinajstić information content (AvgIpc) is 2.67. The van der Waals surface area contributed by atoms with Crippen molar-refractivity contribution < 1.29 is 9.72 Å². The summed E-state index contributed by atoms with van der Waals surface area (Å²) >= 11 is 0. The standard InChI is InChI=1S/C20H13N3O3/c24-20(17-7-3-5-13-4-1-2-6-16(13)17)10-14-12-21-19-11-15(23(25)26)8-9-18(19)22-14/h1-9,11-12H,10H2. The van der Waals surface area contributed by atoms with Crippen molar-refractivity contribution in [2.45, 2.75) is 6.42 Å². The SMILES string of the molecule is O=C(Cc1cnc2cc([N+](=O)[O-])ccc2n1)c1cccc2ccccc12. The molecule has 0 amide bonds. The molecule has 0 saturated carbocycles. The first-order chi connectivity index (χ1) is 12.6. The number of rotatable bonds is 4. The monoisotopic (exact) mass is 343 g/mol. The van der Waals surface area contributed by atoms with Gasteiger partial charge in [-0.05, 0) is 16.8 Å². The van der Waals surface area contributed by atoms with Gasteiger partial charge in [0.15, 0.2) is 5.78 Å². The molecule has 6 heteroatoms. The maximum absolute atomic E-state index is 12.8. The summed E-state index contributed by atoms with van der Waals surface area (Å²) in [5, 5.41) is 12.8. The minimum Gasteiger partial charge on any atom is -0.294 e. The summed E-state index contributed by atoms with van der Waals surface area (Å²) < 4.78 is 0. The summed E-state index contributed by atoms with van der Waals surface area (Å²) in [7, 11) is 0. The van der Waals surface area contributed by atoms with Crippen molar-refractivity contribution in [3.63, 3.8) is 0 Å². The number of fused-ring (bicyclic) bond motifs is 2. The number of benzene rings is 3. The fraction of sp³-hybridized carbons (Fsp3) is 0.0500. The zero-order chi connectivity index (χ0) is 18.1. The van der Waals surface area contributed by atoms with Crippen molar-refractivity contribution >= 4 is 33.3 Å². The minimum absolute atomic E-state index is 0.0358. The van der Waals surface area contributed by atoms with Gasteiger partial charge in [-0.25, -0.2) is 4.98 Å². The smallest absolute Gasteiger partial charge is 0.271 e. The summed E-state index contributed by atoms with van der Waals surface area (Å²) in [5.41, 5.74) is 2.10. The molecular weight excluding hydrogens is 330 g/mol. The zero-order valence-corrected chi connectivity index (χ0v) is 13.6. The number of hydrogen-bond acceptors (Lipinski definition) is 5. The van der Waals surface area contributed by atoms with E-state index < -0.39 is 4.92 Å². The normalized spacial score (nSPS) is 10.9. The van der Waals surface area contributed by atoms with E-state index in [9.17, 15) is 14.9 Å². The van der Waals surface area contributed by atoms with Gasteiger partial charge in [-0.3, -0.25) is 19.9 Å². The molecule has 3 aromatic carbocycles. The van der Waals surface area contributed by atoms with E-state index in [2.05, 4.69) is 9.97 Å². The number of non-ortho nitro benzene ring substituents is 1. The molecule has 6 nitrogen and oxygen atoms in total. The van der Waals surface area contributed by atoms with Gasteiger partial charge in [0.2, 0.25) is 0 Å². The highest BCUT2D eigenvalue weighted by Crippen LogP contribution is 2.21. The van der Waals surface area contributed by atoms with Crippen LogP contribution < -0.4 is 0 Å². The van der Waals surface area contributed by atoms with Crippen molar-refractivity contribution in [1.29, 1.82) is 0 Å². The van der Waals surface area contributed by atoms with E-state index in [-0.39, 0.29) is 17.9 Å². The molecule has 0 fully saturated rings. The Balaban J connectivity index is 1.67. The quantitative estimate of drug-likeness (QED) is 0.316. The molecule has 0 unspecified atom stereocenters. The summed E-state index contributed by atoms with van der Waals surface area (Å²) in [5.74, 6) is -0.0441. The second-order valence-corrected chi connectivity index (χ2v) is 5.92. The molecule has 4 rings (SSSR count). The van der Waals surface area contributed by atoms with E-state index in [0.717, 1.165) is 10.8 Å². The Morgan fingerprint density at radius 2 is 1.81 bits per heavy atom. The maximum Gasteiger partial charge on any atom is 0.271 e. The van der Waals surface area contributed by atoms with E-state index in [1.165, 1.54) is 18.3 Å².